The van der Waals surface area contributed by atoms with Crippen molar-refractivity contribution in [3.8, 4) is 11.4 Å². The third-order valence-corrected chi connectivity index (χ3v) is 5.58. The number of halogens is 2. The number of rotatable bonds is 6. The van der Waals surface area contributed by atoms with Gasteiger partial charge in [-0.1, -0.05) is 5.21 Å². The van der Waals surface area contributed by atoms with Gasteiger partial charge >= 0.3 is 6.09 Å². The van der Waals surface area contributed by atoms with Crippen LogP contribution in [0.4, 0.5) is 25.1 Å². The van der Waals surface area contributed by atoms with Crippen molar-refractivity contribution in [2.75, 3.05) is 10.6 Å². The number of anilines is 2. The zero-order chi connectivity index (χ0) is 27.7. The first-order chi connectivity index (χ1) is 18.7. The highest BCUT2D eigenvalue weighted by Crippen LogP contribution is 2.26. The first-order valence-electron chi connectivity index (χ1n) is 11.5. The van der Waals surface area contributed by atoms with E-state index in [2.05, 4.69) is 45.9 Å². The van der Waals surface area contributed by atoms with E-state index in [4.69, 9.17) is 4.74 Å². The first kappa shape index (κ1) is 25.3. The molecule has 2 amide bonds. The lowest BCUT2D eigenvalue weighted by atomic mass is 10.2. The van der Waals surface area contributed by atoms with Gasteiger partial charge in [0.1, 0.15) is 23.3 Å². The number of aromatic amines is 1. The lowest BCUT2D eigenvalue weighted by Crippen LogP contribution is -2.19. The van der Waals surface area contributed by atoms with Crippen LogP contribution < -0.4 is 10.6 Å². The Kier molecular flexibility index (Phi) is 6.62. The van der Waals surface area contributed by atoms with Crippen LogP contribution in [0.1, 0.15) is 34.8 Å². The Morgan fingerprint density at radius 2 is 1.90 bits per heavy atom. The molecule has 198 valence electrons. The number of aromatic nitrogens is 8. The van der Waals surface area contributed by atoms with Crippen LogP contribution in [0.5, 0.6) is 0 Å². The summed E-state index contributed by atoms with van der Waals surface area (Å²) in [6, 6.07) is 5.70. The number of carbonyl (C=O) groups excluding carboxylic acids is 2. The molecule has 5 aromatic rings. The quantitative estimate of drug-likeness (QED) is 0.275. The topological polar surface area (TPSA) is 165 Å². The normalized spacial score (nSPS) is 11.8. The Bertz CT molecular complexity index is 1700. The molecule has 5 rings (SSSR count). The number of ether oxygens (including phenoxy) is 1. The molecule has 0 unspecified atom stereocenters. The van der Waals surface area contributed by atoms with Crippen LogP contribution in [-0.2, 0) is 11.8 Å². The highest BCUT2D eigenvalue weighted by molar-refractivity contribution is 6.05. The summed E-state index contributed by atoms with van der Waals surface area (Å²) >= 11 is 0. The summed E-state index contributed by atoms with van der Waals surface area (Å²) in [6.45, 7) is 3.17. The van der Waals surface area contributed by atoms with Crippen molar-refractivity contribution in [3.63, 3.8) is 0 Å². The fraction of sp³-hybridized carbons (Fsp3) is 0.167. The number of H-pyrrole nitrogens is 1. The predicted molar refractivity (Wildman–Crippen MR) is 133 cm³/mol. The molecule has 0 spiro atoms. The number of imidazole rings is 1. The van der Waals surface area contributed by atoms with Crippen LogP contribution in [0.15, 0.2) is 42.9 Å². The third kappa shape index (κ3) is 5.36. The summed E-state index contributed by atoms with van der Waals surface area (Å²) in [4.78, 5) is 44.2. The molecular weight excluding hydrogens is 514 g/mol. The first-order valence-corrected chi connectivity index (χ1v) is 11.5. The minimum Gasteiger partial charge on any atom is -0.441 e. The molecule has 0 bridgehead atoms. The molecule has 0 saturated heterocycles. The summed E-state index contributed by atoms with van der Waals surface area (Å²) in [5.41, 5.74) is 2.20. The maximum Gasteiger partial charge on any atom is 0.413 e. The molecular formula is C24H20F2N10O3. The second-order valence-corrected chi connectivity index (χ2v) is 8.42. The second-order valence-electron chi connectivity index (χ2n) is 8.42. The molecule has 0 fully saturated rings. The molecule has 5 heterocycles. The zero-order valence-electron chi connectivity index (χ0n) is 20.7. The molecule has 3 N–H and O–H groups in total. The summed E-state index contributed by atoms with van der Waals surface area (Å²) in [7, 11) is 1.53. The fourth-order valence-corrected chi connectivity index (χ4v) is 3.69. The van der Waals surface area contributed by atoms with Crippen molar-refractivity contribution < 1.29 is 23.1 Å². The summed E-state index contributed by atoms with van der Waals surface area (Å²) < 4.78 is 33.8. The maximum atomic E-state index is 13.9. The molecule has 13 nitrogen and oxygen atoms in total. The van der Waals surface area contributed by atoms with Gasteiger partial charge in [0, 0.05) is 13.2 Å². The third-order valence-electron chi connectivity index (χ3n) is 5.58. The Balaban J connectivity index is 1.27. The number of nitrogens with one attached hydrogen (secondary N) is 3. The van der Waals surface area contributed by atoms with Crippen LogP contribution in [0.2, 0.25) is 0 Å². The van der Waals surface area contributed by atoms with E-state index in [1.54, 1.807) is 25.1 Å². The predicted octanol–water partition coefficient (Wildman–Crippen LogP) is 3.69. The van der Waals surface area contributed by atoms with Crippen molar-refractivity contribution in [1.82, 2.24) is 39.9 Å². The lowest BCUT2D eigenvalue weighted by Gasteiger charge is -2.15. The van der Waals surface area contributed by atoms with Crippen LogP contribution in [0, 0.1) is 18.7 Å². The smallest absolute Gasteiger partial charge is 0.413 e. The van der Waals surface area contributed by atoms with E-state index < -0.39 is 29.9 Å². The van der Waals surface area contributed by atoms with E-state index in [9.17, 15) is 18.4 Å². The van der Waals surface area contributed by atoms with Gasteiger partial charge in [-0.25, -0.2) is 28.8 Å². The van der Waals surface area contributed by atoms with Crippen LogP contribution in [0.25, 0.3) is 22.6 Å². The average Bonchev–Trinajstić information content (AvgIpc) is 3.46. The van der Waals surface area contributed by atoms with E-state index >= 15 is 0 Å². The monoisotopic (exact) mass is 534 g/mol. The minimum absolute atomic E-state index is 0.142. The van der Waals surface area contributed by atoms with E-state index in [-0.39, 0.29) is 17.1 Å². The summed E-state index contributed by atoms with van der Waals surface area (Å²) in [6.07, 6.45) is 1.48. The van der Waals surface area contributed by atoms with Crippen molar-refractivity contribution in [3.05, 3.63) is 71.6 Å². The molecule has 15 heteroatoms. The standard InChI is InChI=1S/C24H20F2N10O3/c1-11(16-7-14(25)9-28-20(16)26)39-24(38)33-22-19(34-35-36(22)3)17-5-4-15(10-27-17)32-23(37)13-6-18-21(29-8-13)31-12(2)30-18/h4-11H,1-3H3,(H,32,37)(H,33,38)(H,29,30,31)/t11-/m1/s1. The SMILES string of the molecule is Cc1nc2cc(C(=O)Nc3ccc(-c4nnn(C)c4NC(=O)O[C@H](C)c4cc(F)cnc4F)nc3)cnc2[nH]1. The number of hydrogen-bond acceptors (Lipinski definition) is 9. The Hall–Kier alpha value is -5.34. The highest BCUT2D eigenvalue weighted by Gasteiger charge is 2.21. The van der Waals surface area contributed by atoms with Crippen molar-refractivity contribution >= 4 is 34.7 Å². The van der Waals surface area contributed by atoms with Gasteiger partial charge in [-0.2, -0.15) is 4.39 Å². The average molecular weight is 534 g/mol. The van der Waals surface area contributed by atoms with E-state index in [0.29, 0.717) is 33.9 Å². The number of hydrogen-bond donors (Lipinski definition) is 3. The van der Waals surface area contributed by atoms with Crippen LogP contribution in [0.3, 0.4) is 0 Å². The fourth-order valence-electron chi connectivity index (χ4n) is 3.69. The number of carbonyl (C=O) groups is 2. The Morgan fingerprint density at radius 1 is 1.08 bits per heavy atom. The maximum absolute atomic E-state index is 13.9. The highest BCUT2D eigenvalue weighted by atomic mass is 19.1. The summed E-state index contributed by atoms with van der Waals surface area (Å²) in [5.74, 6) is -1.29. The van der Waals surface area contributed by atoms with Gasteiger partial charge in [-0.3, -0.25) is 15.1 Å². The molecule has 39 heavy (non-hydrogen) atoms. The van der Waals surface area contributed by atoms with Gasteiger partial charge in [0.05, 0.1) is 34.9 Å². The lowest BCUT2D eigenvalue weighted by molar-refractivity contribution is 0.102. The number of amides is 2. The largest absolute Gasteiger partial charge is 0.441 e. The number of nitrogens with zero attached hydrogens (tertiary/aromatic N) is 7. The van der Waals surface area contributed by atoms with Gasteiger partial charge in [0.2, 0.25) is 5.95 Å². The van der Waals surface area contributed by atoms with E-state index in [1.165, 1.54) is 31.0 Å². The molecule has 0 aromatic carbocycles. The molecule has 5 aromatic heterocycles. The van der Waals surface area contributed by atoms with E-state index in [1.807, 2.05) is 0 Å². The van der Waals surface area contributed by atoms with Gasteiger partial charge in [-0.15, -0.1) is 5.10 Å². The molecule has 0 radical (unpaired) electrons. The molecule has 0 aliphatic rings. The summed E-state index contributed by atoms with van der Waals surface area (Å²) in [5, 5.41) is 13.1. The van der Waals surface area contributed by atoms with E-state index in [0.717, 1.165) is 12.3 Å². The van der Waals surface area contributed by atoms with Gasteiger partial charge in [-0.05, 0) is 38.1 Å². The van der Waals surface area contributed by atoms with Gasteiger partial charge in [0.15, 0.2) is 17.2 Å². The zero-order valence-corrected chi connectivity index (χ0v) is 20.7. The molecule has 0 aliphatic carbocycles. The van der Waals surface area contributed by atoms with Crippen molar-refractivity contribution in [1.29, 1.82) is 0 Å². The number of aryl methyl sites for hydroxylation is 2. The molecule has 0 saturated carbocycles. The number of pyridine rings is 3. The second kappa shape index (κ2) is 10.2. The molecule has 0 aliphatic heterocycles. The van der Waals surface area contributed by atoms with Gasteiger partial charge in [0.25, 0.3) is 5.91 Å². The van der Waals surface area contributed by atoms with Gasteiger partial charge < -0.3 is 15.0 Å². The van der Waals surface area contributed by atoms with Crippen molar-refractivity contribution in [2.45, 2.75) is 20.0 Å². The molecule has 1 atom stereocenters. The minimum atomic E-state index is -1.13. The Labute approximate surface area is 218 Å². The number of fused-ring (bicyclic) bond motifs is 1. The van der Waals surface area contributed by atoms with Crippen LogP contribution in [-0.4, -0.2) is 51.9 Å². The van der Waals surface area contributed by atoms with Crippen molar-refractivity contribution in [2.24, 2.45) is 7.05 Å². The van der Waals surface area contributed by atoms with Crippen LogP contribution >= 0.6 is 0 Å². The Morgan fingerprint density at radius 3 is 2.67 bits per heavy atom.